The lowest BCUT2D eigenvalue weighted by Gasteiger charge is -2.16. The zero-order valence-corrected chi connectivity index (χ0v) is 15.6. The second kappa shape index (κ2) is 7.34. The van der Waals surface area contributed by atoms with Gasteiger partial charge in [0.15, 0.2) is 5.78 Å². The Morgan fingerprint density at radius 1 is 1.15 bits per heavy atom. The fourth-order valence-electron chi connectivity index (χ4n) is 2.91. The summed E-state index contributed by atoms with van der Waals surface area (Å²) in [6, 6.07) is 10.5. The number of halogens is 1. The van der Waals surface area contributed by atoms with E-state index in [1.165, 1.54) is 6.07 Å². The molecule has 1 heterocycles. The standard InChI is InChI=1S/C21H19ClO4/c1-4-18(23)17-10-16-12(2)9-19(24)26-21(16)13(3)20(17)25-11-14-5-7-15(22)8-6-14/h5-10H,4,11H2,1-3H3. The van der Waals surface area contributed by atoms with Crippen molar-refractivity contribution in [2.24, 2.45) is 0 Å². The first-order chi connectivity index (χ1) is 12.4. The van der Waals surface area contributed by atoms with Crippen LogP contribution in [0.25, 0.3) is 11.0 Å². The summed E-state index contributed by atoms with van der Waals surface area (Å²) in [7, 11) is 0. The first-order valence-electron chi connectivity index (χ1n) is 8.39. The molecule has 0 N–H and O–H groups in total. The molecule has 4 nitrogen and oxygen atoms in total. The monoisotopic (exact) mass is 370 g/mol. The van der Waals surface area contributed by atoms with Gasteiger partial charge in [-0.25, -0.2) is 4.79 Å². The van der Waals surface area contributed by atoms with E-state index in [1.54, 1.807) is 25.1 Å². The van der Waals surface area contributed by atoms with Crippen molar-refractivity contribution in [2.45, 2.75) is 33.8 Å². The molecule has 0 saturated carbocycles. The molecule has 3 rings (SSSR count). The van der Waals surface area contributed by atoms with E-state index in [-0.39, 0.29) is 12.4 Å². The van der Waals surface area contributed by atoms with E-state index in [4.69, 9.17) is 20.8 Å². The first-order valence-corrected chi connectivity index (χ1v) is 8.77. The van der Waals surface area contributed by atoms with E-state index in [0.29, 0.717) is 33.9 Å². The van der Waals surface area contributed by atoms with Crippen LogP contribution < -0.4 is 10.4 Å². The maximum atomic E-state index is 12.5. The molecule has 0 atom stereocenters. The van der Waals surface area contributed by atoms with Crippen LogP contribution in [0.2, 0.25) is 5.02 Å². The smallest absolute Gasteiger partial charge is 0.336 e. The van der Waals surface area contributed by atoms with Crippen molar-refractivity contribution in [3.63, 3.8) is 0 Å². The van der Waals surface area contributed by atoms with Gasteiger partial charge in [0, 0.05) is 28.5 Å². The van der Waals surface area contributed by atoms with Gasteiger partial charge in [-0.1, -0.05) is 30.7 Å². The second-order valence-corrected chi connectivity index (χ2v) is 6.63. The Kier molecular flexibility index (Phi) is 5.14. The second-order valence-electron chi connectivity index (χ2n) is 6.20. The van der Waals surface area contributed by atoms with Crippen molar-refractivity contribution < 1.29 is 13.9 Å². The number of rotatable bonds is 5. The Morgan fingerprint density at radius 3 is 2.50 bits per heavy atom. The fraction of sp³-hybridized carbons (Fsp3) is 0.238. The number of ketones is 1. The summed E-state index contributed by atoms with van der Waals surface area (Å²) in [5.74, 6) is 0.430. The Morgan fingerprint density at radius 2 is 1.85 bits per heavy atom. The van der Waals surface area contributed by atoms with Gasteiger partial charge in [-0.05, 0) is 43.2 Å². The van der Waals surface area contributed by atoms with Crippen LogP contribution in [0.15, 0.2) is 45.6 Å². The summed E-state index contributed by atoms with van der Waals surface area (Å²) < 4.78 is 11.4. The predicted molar refractivity (Wildman–Crippen MR) is 102 cm³/mol. The molecular formula is C21H19ClO4. The number of carbonyl (C=O) groups excluding carboxylic acids is 1. The lowest BCUT2D eigenvalue weighted by molar-refractivity contribution is 0.0983. The molecule has 3 aromatic rings. The minimum atomic E-state index is -0.420. The number of hydrogen-bond acceptors (Lipinski definition) is 4. The van der Waals surface area contributed by atoms with Crippen molar-refractivity contribution in [3.05, 3.63) is 74.1 Å². The lowest BCUT2D eigenvalue weighted by Crippen LogP contribution is -2.08. The normalized spacial score (nSPS) is 10.9. The van der Waals surface area contributed by atoms with Gasteiger partial charge < -0.3 is 9.15 Å². The topological polar surface area (TPSA) is 56.5 Å². The Balaban J connectivity index is 2.11. The summed E-state index contributed by atoms with van der Waals surface area (Å²) in [5, 5.41) is 1.40. The van der Waals surface area contributed by atoms with Crippen molar-refractivity contribution in [1.29, 1.82) is 0 Å². The molecule has 0 saturated heterocycles. The summed E-state index contributed by atoms with van der Waals surface area (Å²) in [6.45, 7) is 5.72. The minimum absolute atomic E-state index is 0.0216. The number of Topliss-reactive ketones (excluding diaryl/α,β-unsaturated/α-hetero) is 1. The Labute approximate surface area is 156 Å². The molecule has 0 bridgehead atoms. The molecule has 0 aliphatic heterocycles. The molecule has 0 spiro atoms. The quantitative estimate of drug-likeness (QED) is 0.455. The molecule has 0 fully saturated rings. The molecule has 134 valence electrons. The highest BCUT2D eigenvalue weighted by molar-refractivity contribution is 6.30. The lowest BCUT2D eigenvalue weighted by atomic mass is 9.98. The number of ether oxygens (including phenoxy) is 1. The number of aryl methyl sites for hydroxylation is 2. The largest absolute Gasteiger partial charge is 0.488 e. The molecule has 0 amide bonds. The van der Waals surface area contributed by atoms with E-state index < -0.39 is 5.63 Å². The number of benzene rings is 2. The molecule has 26 heavy (non-hydrogen) atoms. The molecular weight excluding hydrogens is 352 g/mol. The number of carbonyl (C=O) groups is 1. The van der Waals surface area contributed by atoms with Crippen LogP contribution >= 0.6 is 11.6 Å². The molecule has 1 aromatic heterocycles. The third-order valence-corrected chi connectivity index (χ3v) is 4.59. The van der Waals surface area contributed by atoms with Crippen molar-refractivity contribution in [2.75, 3.05) is 0 Å². The van der Waals surface area contributed by atoms with Crippen LogP contribution in [0, 0.1) is 13.8 Å². The molecule has 0 radical (unpaired) electrons. The third kappa shape index (κ3) is 3.51. The van der Waals surface area contributed by atoms with Gasteiger partial charge in [0.1, 0.15) is 17.9 Å². The van der Waals surface area contributed by atoms with Crippen molar-refractivity contribution in [1.82, 2.24) is 0 Å². The van der Waals surface area contributed by atoms with Gasteiger partial charge in [-0.3, -0.25) is 4.79 Å². The van der Waals surface area contributed by atoms with Crippen LogP contribution in [0.4, 0.5) is 0 Å². The van der Waals surface area contributed by atoms with Gasteiger partial charge in [-0.2, -0.15) is 0 Å². The van der Waals surface area contributed by atoms with Gasteiger partial charge in [-0.15, -0.1) is 0 Å². The van der Waals surface area contributed by atoms with Gasteiger partial charge in [0.05, 0.1) is 5.56 Å². The zero-order valence-electron chi connectivity index (χ0n) is 14.9. The SMILES string of the molecule is CCC(=O)c1cc2c(C)cc(=O)oc2c(C)c1OCc1ccc(Cl)cc1. The average molecular weight is 371 g/mol. The Hall–Kier alpha value is -2.59. The minimum Gasteiger partial charge on any atom is -0.488 e. The van der Waals surface area contributed by atoms with E-state index >= 15 is 0 Å². The summed E-state index contributed by atoms with van der Waals surface area (Å²) >= 11 is 5.91. The maximum Gasteiger partial charge on any atom is 0.336 e. The van der Waals surface area contributed by atoms with Gasteiger partial charge in [0.25, 0.3) is 0 Å². The van der Waals surface area contributed by atoms with Crippen LogP contribution in [0.1, 0.15) is 40.4 Å². The highest BCUT2D eigenvalue weighted by Gasteiger charge is 2.19. The van der Waals surface area contributed by atoms with Crippen LogP contribution in [0.5, 0.6) is 5.75 Å². The summed E-state index contributed by atoms with van der Waals surface area (Å²) in [5.41, 5.74) is 2.88. The molecule has 0 aliphatic carbocycles. The van der Waals surface area contributed by atoms with Gasteiger partial charge >= 0.3 is 5.63 Å². The van der Waals surface area contributed by atoms with Crippen LogP contribution in [-0.2, 0) is 6.61 Å². The number of hydrogen-bond donors (Lipinski definition) is 0. The summed E-state index contributed by atoms with van der Waals surface area (Å²) in [6.07, 6.45) is 0.359. The number of fused-ring (bicyclic) bond motifs is 1. The fourth-order valence-corrected chi connectivity index (χ4v) is 3.04. The highest BCUT2D eigenvalue weighted by atomic mass is 35.5. The van der Waals surface area contributed by atoms with Gasteiger partial charge in [0.2, 0.25) is 0 Å². The predicted octanol–water partition coefficient (Wildman–Crippen LogP) is 5.23. The highest BCUT2D eigenvalue weighted by Crippen LogP contribution is 2.34. The van der Waals surface area contributed by atoms with Crippen molar-refractivity contribution in [3.8, 4) is 5.75 Å². The van der Waals surface area contributed by atoms with Crippen LogP contribution in [-0.4, -0.2) is 5.78 Å². The van der Waals surface area contributed by atoms with E-state index in [1.807, 2.05) is 26.0 Å². The maximum absolute atomic E-state index is 12.5. The van der Waals surface area contributed by atoms with E-state index in [9.17, 15) is 9.59 Å². The summed E-state index contributed by atoms with van der Waals surface area (Å²) in [4.78, 5) is 24.2. The van der Waals surface area contributed by atoms with Crippen molar-refractivity contribution >= 4 is 28.4 Å². The molecule has 0 aliphatic rings. The zero-order chi connectivity index (χ0) is 18.8. The molecule has 0 unspecified atom stereocenters. The molecule has 5 heteroatoms. The van der Waals surface area contributed by atoms with E-state index in [0.717, 1.165) is 16.5 Å². The average Bonchev–Trinajstić information content (AvgIpc) is 2.62. The molecule has 2 aromatic carbocycles. The Bertz CT molecular complexity index is 1030. The third-order valence-electron chi connectivity index (χ3n) is 4.34. The first kappa shape index (κ1) is 18.2. The van der Waals surface area contributed by atoms with E-state index in [2.05, 4.69) is 0 Å². The van der Waals surface area contributed by atoms with Crippen LogP contribution in [0.3, 0.4) is 0 Å².